The van der Waals surface area contributed by atoms with Crippen LogP contribution in [0, 0.1) is 0 Å². The van der Waals surface area contributed by atoms with E-state index in [1.54, 1.807) is 0 Å². The molecule has 0 bridgehead atoms. The quantitative estimate of drug-likeness (QED) is 0.396. The molecule has 2 aliphatic rings. The van der Waals surface area contributed by atoms with E-state index in [0.717, 1.165) is 6.07 Å². The summed E-state index contributed by atoms with van der Waals surface area (Å²) in [6, 6.07) is 7.90. The van der Waals surface area contributed by atoms with Crippen LogP contribution in [0.15, 0.2) is 36.4 Å². The molecule has 0 radical (unpaired) electrons. The Morgan fingerprint density at radius 3 is 2.26 bits per heavy atom. The third kappa shape index (κ3) is 3.80. The molecule has 31 heavy (non-hydrogen) atoms. The van der Waals surface area contributed by atoms with Crippen molar-refractivity contribution in [3.63, 3.8) is 0 Å². The molecule has 4 rings (SSSR count). The smallest absolute Gasteiger partial charge is 0.203 e. The van der Waals surface area contributed by atoms with Gasteiger partial charge in [-0.2, -0.15) is 0 Å². The minimum absolute atomic E-state index is 0.0176. The first-order valence-corrected chi connectivity index (χ1v) is 9.58. The van der Waals surface area contributed by atoms with Crippen LogP contribution >= 0.6 is 0 Å². The Morgan fingerprint density at radius 1 is 0.903 bits per heavy atom. The van der Waals surface area contributed by atoms with Gasteiger partial charge in [-0.3, -0.25) is 4.79 Å². The predicted molar refractivity (Wildman–Crippen MR) is 103 cm³/mol. The number of aromatic hydroxyl groups is 3. The van der Waals surface area contributed by atoms with Crippen molar-refractivity contribution in [1.82, 2.24) is 0 Å². The maximum absolute atomic E-state index is 13.3. The number of hydrogen-bond donors (Lipinski definition) is 6. The second-order valence-corrected chi connectivity index (χ2v) is 7.57. The van der Waals surface area contributed by atoms with Gasteiger partial charge in [-0.05, 0) is 24.6 Å². The average molecular weight is 434 g/mol. The molecule has 10 heteroatoms. The van der Waals surface area contributed by atoms with E-state index >= 15 is 0 Å². The van der Waals surface area contributed by atoms with Crippen molar-refractivity contribution in [3.8, 4) is 23.0 Å². The summed E-state index contributed by atoms with van der Waals surface area (Å²) in [5.41, 5.74) is 0.195. The second-order valence-electron chi connectivity index (χ2n) is 7.57. The van der Waals surface area contributed by atoms with Crippen LogP contribution in [0.2, 0.25) is 0 Å². The second kappa shape index (κ2) is 7.98. The summed E-state index contributed by atoms with van der Waals surface area (Å²) in [6.07, 6.45) is -9.49. The van der Waals surface area contributed by atoms with Gasteiger partial charge in [0.2, 0.25) is 5.78 Å². The van der Waals surface area contributed by atoms with E-state index in [0.29, 0.717) is 5.56 Å². The third-order valence-corrected chi connectivity index (χ3v) is 5.41. The number of fused-ring (bicyclic) bond motifs is 1. The largest absolute Gasteiger partial charge is 0.508 e. The van der Waals surface area contributed by atoms with Crippen LogP contribution in [0.4, 0.5) is 0 Å². The molecule has 0 saturated carbocycles. The summed E-state index contributed by atoms with van der Waals surface area (Å²) in [4.78, 5) is 13.3. The molecule has 0 spiro atoms. The first-order valence-electron chi connectivity index (χ1n) is 9.58. The number of rotatable bonds is 3. The summed E-state index contributed by atoms with van der Waals surface area (Å²) >= 11 is 0. The third-order valence-electron chi connectivity index (χ3n) is 5.41. The molecule has 166 valence electrons. The zero-order valence-corrected chi connectivity index (χ0v) is 16.3. The summed E-state index contributed by atoms with van der Waals surface area (Å²) in [5.74, 6) is -1.64. The maximum Gasteiger partial charge on any atom is 0.203 e. The molecule has 0 unspecified atom stereocenters. The fourth-order valence-electron chi connectivity index (χ4n) is 3.72. The zero-order valence-electron chi connectivity index (χ0n) is 16.3. The lowest BCUT2D eigenvalue weighted by molar-refractivity contribution is -0.304. The minimum atomic E-state index is -1.66. The van der Waals surface area contributed by atoms with Gasteiger partial charge in [0.1, 0.15) is 46.9 Å². The van der Waals surface area contributed by atoms with Gasteiger partial charge in [0.25, 0.3) is 0 Å². The number of ether oxygens (including phenoxy) is 3. The molecule has 0 aliphatic carbocycles. The molecule has 7 atom stereocenters. The highest BCUT2D eigenvalue weighted by Crippen LogP contribution is 2.43. The molecule has 10 nitrogen and oxygen atoms in total. The molecule has 2 heterocycles. The molecule has 2 aromatic rings. The molecule has 2 aromatic carbocycles. The Kier molecular flexibility index (Phi) is 5.50. The van der Waals surface area contributed by atoms with E-state index in [1.807, 2.05) is 0 Å². The van der Waals surface area contributed by atoms with Crippen LogP contribution in [0.5, 0.6) is 23.0 Å². The number of ketones is 1. The number of aliphatic hydroxyl groups is 3. The fourth-order valence-corrected chi connectivity index (χ4v) is 3.72. The van der Waals surface area contributed by atoms with Crippen molar-refractivity contribution in [2.75, 3.05) is 0 Å². The summed E-state index contributed by atoms with van der Waals surface area (Å²) in [7, 11) is 0. The molecular formula is C21H22O10. The monoisotopic (exact) mass is 434 g/mol. The number of aliphatic hydroxyl groups excluding tert-OH is 3. The molecule has 1 saturated heterocycles. The Morgan fingerprint density at radius 2 is 1.58 bits per heavy atom. The molecule has 2 aliphatic heterocycles. The van der Waals surface area contributed by atoms with E-state index in [-0.39, 0.29) is 22.8 Å². The summed E-state index contributed by atoms with van der Waals surface area (Å²) < 4.78 is 17.0. The van der Waals surface area contributed by atoms with Gasteiger partial charge in [-0.25, -0.2) is 0 Å². The lowest BCUT2D eigenvalue weighted by Crippen LogP contribution is -2.59. The number of benzene rings is 2. The lowest BCUT2D eigenvalue weighted by atomic mass is 9.92. The van der Waals surface area contributed by atoms with Crippen molar-refractivity contribution < 1.29 is 49.6 Å². The number of phenolic OH excluding ortho intramolecular Hbond substituents is 3. The highest BCUT2D eigenvalue weighted by atomic mass is 16.7. The Bertz CT molecular complexity index is 975. The molecular weight excluding hydrogens is 412 g/mol. The average Bonchev–Trinajstić information content (AvgIpc) is 2.72. The SMILES string of the molecule is C[C@@H]1O[C@H](O[C@@H]2C(=O)c3c(O)cc(O)cc3O[C@@H]2c2ccc(O)cc2)[C@H](O)[C@@H](O)[C@H]1O. The van der Waals surface area contributed by atoms with E-state index in [4.69, 9.17) is 14.2 Å². The van der Waals surface area contributed by atoms with Gasteiger partial charge in [0.15, 0.2) is 18.5 Å². The normalized spacial score (nSPS) is 32.9. The van der Waals surface area contributed by atoms with Crippen LogP contribution in [-0.4, -0.2) is 73.2 Å². The Balaban J connectivity index is 1.73. The first-order chi connectivity index (χ1) is 14.7. The van der Waals surface area contributed by atoms with E-state index in [9.17, 15) is 35.4 Å². The number of carbonyl (C=O) groups is 1. The van der Waals surface area contributed by atoms with E-state index in [1.165, 1.54) is 37.3 Å². The van der Waals surface area contributed by atoms with Crippen LogP contribution in [0.1, 0.15) is 28.9 Å². The van der Waals surface area contributed by atoms with Crippen molar-refractivity contribution in [2.45, 2.75) is 49.8 Å². The van der Waals surface area contributed by atoms with Crippen LogP contribution in [0.3, 0.4) is 0 Å². The number of phenols is 3. The van der Waals surface area contributed by atoms with Gasteiger partial charge < -0.3 is 44.8 Å². The fraction of sp³-hybridized carbons (Fsp3) is 0.381. The van der Waals surface area contributed by atoms with Gasteiger partial charge >= 0.3 is 0 Å². The Labute approximate surface area is 176 Å². The van der Waals surface area contributed by atoms with Gasteiger partial charge in [-0.15, -0.1) is 0 Å². The number of Topliss-reactive ketones (excluding diaryl/α,β-unsaturated/α-hetero) is 1. The standard InChI is InChI=1S/C21H22O10/c1-8-15(25)17(27)18(28)21(29-8)31-20-16(26)14-12(24)6-11(23)7-13(14)30-19(20)9-2-4-10(22)5-3-9/h2-8,15,17-25,27-28H,1H3/t8-,15-,17-,18+,19+,20+,21+/m0/s1. The number of hydrogen-bond acceptors (Lipinski definition) is 10. The van der Waals surface area contributed by atoms with Crippen molar-refractivity contribution >= 4 is 5.78 Å². The Hall–Kier alpha value is -2.89. The number of carbonyl (C=O) groups excluding carboxylic acids is 1. The highest BCUT2D eigenvalue weighted by Gasteiger charge is 2.48. The summed E-state index contributed by atoms with van der Waals surface area (Å²) in [6.45, 7) is 1.47. The minimum Gasteiger partial charge on any atom is -0.508 e. The first kappa shape index (κ1) is 21.3. The van der Waals surface area contributed by atoms with Crippen molar-refractivity contribution in [2.24, 2.45) is 0 Å². The molecule has 0 amide bonds. The topological polar surface area (TPSA) is 166 Å². The van der Waals surface area contributed by atoms with Gasteiger partial charge in [0.05, 0.1) is 6.10 Å². The summed E-state index contributed by atoms with van der Waals surface area (Å²) in [5, 5.41) is 59.8. The predicted octanol–water partition coefficient (Wildman–Crippen LogP) is 0.332. The van der Waals surface area contributed by atoms with Crippen LogP contribution in [0.25, 0.3) is 0 Å². The van der Waals surface area contributed by atoms with E-state index in [2.05, 4.69) is 0 Å². The molecule has 6 N–H and O–H groups in total. The highest BCUT2D eigenvalue weighted by molar-refractivity contribution is 6.05. The van der Waals surface area contributed by atoms with Gasteiger partial charge in [0, 0.05) is 12.1 Å². The van der Waals surface area contributed by atoms with Crippen molar-refractivity contribution in [1.29, 1.82) is 0 Å². The van der Waals surface area contributed by atoms with E-state index < -0.39 is 54.4 Å². The maximum atomic E-state index is 13.3. The molecule has 0 aromatic heterocycles. The lowest BCUT2D eigenvalue weighted by Gasteiger charge is -2.42. The van der Waals surface area contributed by atoms with Crippen LogP contribution in [-0.2, 0) is 9.47 Å². The van der Waals surface area contributed by atoms with Crippen molar-refractivity contribution in [3.05, 3.63) is 47.5 Å². The van der Waals surface area contributed by atoms with Gasteiger partial charge in [-0.1, -0.05) is 12.1 Å². The van der Waals surface area contributed by atoms with Crippen LogP contribution < -0.4 is 4.74 Å². The zero-order chi connectivity index (χ0) is 22.4. The molecule has 1 fully saturated rings.